The van der Waals surface area contributed by atoms with Crippen LogP contribution in [-0.4, -0.2) is 52.6 Å². The van der Waals surface area contributed by atoms with Crippen molar-refractivity contribution in [2.45, 2.75) is 64.5 Å². The van der Waals surface area contributed by atoms with Gasteiger partial charge in [-0.3, -0.25) is 0 Å². The molecule has 1 N–H and O–H groups in total. The van der Waals surface area contributed by atoms with E-state index in [0.717, 1.165) is 62.0 Å². The molecule has 6 nitrogen and oxygen atoms in total. The highest BCUT2D eigenvalue weighted by Gasteiger charge is 2.34. The lowest BCUT2D eigenvalue weighted by Crippen LogP contribution is -2.52. The largest absolute Gasteiger partial charge is 0.356 e. The van der Waals surface area contributed by atoms with Gasteiger partial charge in [0.1, 0.15) is 12.1 Å². The minimum Gasteiger partial charge on any atom is -0.356 e. The van der Waals surface area contributed by atoms with E-state index in [1.54, 1.807) is 6.33 Å². The summed E-state index contributed by atoms with van der Waals surface area (Å²) < 4.78 is 0. The molecule has 156 valence electrons. The minimum absolute atomic E-state index is 0.121. The van der Waals surface area contributed by atoms with Crippen LogP contribution >= 0.6 is 0 Å². The number of rotatable bonds is 3. The molecule has 2 aliphatic rings. The maximum atomic E-state index is 12.8. The number of nitrogens with zero attached hydrogens (tertiary/aromatic N) is 4. The molecule has 0 spiro atoms. The Kier molecular flexibility index (Phi) is 6.16. The first-order valence-electron chi connectivity index (χ1n) is 11.2. The zero-order valence-electron chi connectivity index (χ0n) is 17.7. The van der Waals surface area contributed by atoms with Crippen LogP contribution in [-0.2, 0) is 0 Å². The van der Waals surface area contributed by atoms with Crippen LogP contribution in [0, 0.1) is 5.92 Å². The second-order valence-corrected chi connectivity index (χ2v) is 8.75. The molecule has 3 heterocycles. The molecule has 1 aromatic heterocycles. The number of nitrogens with one attached hydrogen (secondary N) is 1. The lowest BCUT2D eigenvalue weighted by Gasteiger charge is -2.41. The van der Waals surface area contributed by atoms with Gasteiger partial charge in [-0.25, -0.2) is 14.8 Å². The lowest BCUT2D eigenvalue weighted by atomic mass is 9.86. The average molecular weight is 396 g/mol. The van der Waals surface area contributed by atoms with E-state index >= 15 is 0 Å². The van der Waals surface area contributed by atoms with Crippen LogP contribution in [0.2, 0.25) is 0 Å². The molecule has 4 rings (SSSR count). The Labute approximate surface area is 173 Å². The van der Waals surface area contributed by atoms with Gasteiger partial charge in [0.25, 0.3) is 0 Å². The molecule has 0 radical (unpaired) electrons. The van der Waals surface area contributed by atoms with Crippen molar-refractivity contribution in [3.8, 4) is 0 Å². The van der Waals surface area contributed by atoms with Crippen molar-refractivity contribution in [2.24, 2.45) is 5.92 Å². The van der Waals surface area contributed by atoms with Gasteiger partial charge in [0, 0.05) is 37.1 Å². The zero-order valence-corrected chi connectivity index (χ0v) is 17.7. The van der Waals surface area contributed by atoms with Crippen LogP contribution in [0.15, 0.2) is 30.6 Å². The van der Waals surface area contributed by atoms with E-state index in [4.69, 9.17) is 0 Å². The van der Waals surface area contributed by atoms with Gasteiger partial charge in [-0.05, 0) is 57.6 Å². The minimum atomic E-state index is 0.121. The van der Waals surface area contributed by atoms with E-state index in [-0.39, 0.29) is 12.1 Å². The van der Waals surface area contributed by atoms with E-state index in [1.165, 1.54) is 12.8 Å². The number of aromatic nitrogens is 2. The fourth-order valence-electron chi connectivity index (χ4n) is 4.94. The highest BCUT2D eigenvalue weighted by atomic mass is 16.2. The third kappa shape index (κ3) is 4.46. The van der Waals surface area contributed by atoms with Crippen LogP contribution in [0.4, 0.5) is 10.6 Å². The Morgan fingerprint density at radius 2 is 1.83 bits per heavy atom. The molecular formula is C23H33N5O. The maximum absolute atomic E-state index is 12.8. The summed E-state index contributed by atoms with van der Waals surface area (Å²) >= 11 is 0. The van der Waals surface area contributed by atoms with Gasteiger partial charge in [-0.15, -0.1) is 0 Å². The van der Waals surface area contributed by atoms with Gasteiger partial charge in [0.05, 0.1) is 5.52 Å². The van der Waals surface area contributed by atoms with Gasteiger partial charge >= 0.3 is 6.03 Å². The third-order valence-electron chi connectivity index (χ3n) is 6.38. The van der Waals surface area contributed by atoms with Gasteiger partial charge < -0.3 is 15.1 Å². The van der Waals surface area contributed by atoms with Crippen molar-refractivity contribution in [1.29, 1.82) is 0 Å². The molecule has 2 fully saturated rings. The predicted molar refractivity (Wildman–Crippen MR) is 117 cm³/mol. The van der Waals surface area contributed by atoms with E-state index < -0.39 is 0 Å². The third-order valence-corrected chi connectivity index (χ3v) is 6.38. The molecule has 2 saturated heterocycles. The van der Waals surface area contributed by atoms with Crippen molar-refractivity contribution in [2.75, 3.05) is 24.5 Å². The summed E-state index contributed by atoms with van der Waals surface area (Å²) in [6.07, 6.45) is 8.59. The second kappa shape index (κ2) is 8.97. The maximum Gasteiger partial charge on any atom is 0.317 e. The molecular weight excluding hydrogens is 362 g/mol. The van der Waals surface area contributed by atoms with Crippen LogP contribution in [0.5, 0.6) is 0 Å². The standard InChI is InChI=1S/C23H33N5O/c1-17(2)26-23(29)28-13-7-3-4-10-21(28)18-11-14-27(15-12-18)22-19-8-5-6-9-20(19)24-16-25-22/h5-6,8-9,16-18,21H,3-4,7,10-15H2,1-2H3,(H,26,29)/t21-/m1/s1. The number of benzene rings is 1. The fraction of sp³-hybridized carbons (Fsp3) is 0.609. The molecule has 0 aliphatic carbocycles. The van der Waals surface area contributed by atoms with Crippen molar-refractivity contribution in [3.63, 3.8) is 0 Å². The number of carbonyl (C=O) groups is 1. The van der Waals surface area contributed by atoms with Crippen LogP contribution in [0.1, 0.15) is 52.4 Å². The number of hydrogen-bond acceptors (Lipinski definition) is 4. The molecule has 1 aromatic carbocycles. The molecule has 0 bridgehead atoms. The number of hydrogen-bond donors (Lipinski definition) is 1. The monoisotopic (exact) mass is 395 g/mol. The van der Waals surface area contributed by atoms with Gasteiger partial charge in [0.15, 0.2) is 0 Å². The summed E-state index contributed by atoms with van der Waals surface area (Å²) in [5.41, 5.74) is 1.000. The molecule has 0 unspecified atom stereocenters. The van der Waals surface area contributed by atoms with E-state index in [9.17, 15) is 4.79 Å². The Morgan fingerprint density at radius 3 is 2.62 bits per heavy atom. The summed E-state index contributed by atoms with van der Waals surface area (Å²) in [5.74, 6) is 1.61. The fourth-order valence-corrected chi connectivity index (χ4v) is 4.94. The normalized spacial score (nSPS) is 21.4. The highest BCUT2D eigenvalue weighted by molar-refractivity contribution is 5.89. The van der Waals surface area contributed by atoms with Crippen LogP contribution in [0.3, 0.4) is 0 Å². The molecule has 1 atom stereocenters. The number of fused-ring (bicyclic) bond motifs is 1. The molecule has 2 aliphatic heterocycles. The van der Waals surface area contributed by atoms with Crippen molar-refractivity contribution in [1.82, 2.24) is 20.2 Å². The van der Waals surface area contributed by atoms with Crippen LogP contribution < -0.4 is 10.2 Å². The Bertz CT molecular complexity index is 826. The number of anilines is 1. The number of carbonyl (C=O) groups excluding carboxylic acids is 1. The van der Waals surface area contributed by atoms with Gasteiger partial charge in [-0.1, -0.05) is 25.0 Å². The van der Waals surface area contributed by atoms with E-state index in [2.05, 4.69) is 37.2 Å². The number of para-hydroxylation sites is 1. The summed E-state index contributed by atoms with van der Waals surface area (Å²) in [5, 5.41) is 4.25. The van der Waals surface area contributed by atoms with Crippen molar-refractivity contribution < 1.29 is 4.79 Å². The topological polar surface area (TPSA) is 61.4 Å². The first-order chi connectivity index (χ1) is 14.1. The molecule has 2 aromatic rings. The summed E-state index contributed by atoms with van der Waals surface area (Å²) in [6, 6.07) is 8.90. The highest BCUT2D eigenvalue weighted by Crippen LogP contribution is 2.33. The van der Waals surface area contributed by atoms with Crippen molar-refractivity contribution >= 4 is 22.8 Å². The van der Waals surface area contributed by atoms with E-state index in [0.29, 0.717) is 12.0 Å². The number of urea groups is 1. The van der Waals surface area contributed by atoms with Gasteiger partial charge in [0.2, 0.25) is 0 Å². The second-order valence-electron chi connectivity index (χ2n) is 8.75. The van der Waals surface area contributed by atoms with Crippen molar-refractivity contribution in [3.05, 3.63) is 30.6 Å². The van der Waals surface area contributed by atoms with Gasteiger partial charge in [-0.2, -0.15) is 0 Å². The quantitative estimate of drug-likeness (QED) is 0.846. The molecule has 6 heteroatoms. The lowest BCUT2D eigenvalue weighted by molar-refractivity contribution is 0.135. The molecule has 2 amide bonds. The number of amides is 2. The van der Waals surface area contributed by atoms with Crippen LogP contribution in [0.25, 0.3) is 10.9 Å². The summed E-state index contributed by atoms with van der Waals surface area (Å²) in [4.78, 5) is 26.4. The summed E-state index contributed by atoms with van der Waals surface area (Å²) in [6.45, 7) is 6.94. The first kappa shape index (κ1) is 19.9. The molecule has 29 heavy (non-hydrogen) atoms. The Morgan fingerprint density at radius 1 is 1.03 bits per heavy atom. The molecule has 0 saturated carbocycles. The number of piperidine rings is 1. The zero-order chi connectivity index (χ0) is 20.2. The Balaban J connectivity index is 1.46. The Hall–Kier alpha value is -2.37. The number of likely N-dealkylation sites (tertiary alicyclic amines) is 1. The average Bonchev–Trinajstić information content (AvgIpc) is 2.99. The van der Waals surface area contributed by atoms with E-state index in [1.807, 2.05) is 26.0 Å². The summed E-state index contributed by atoms with van der Waals surface area (Å²) in [7, 11) is 0. The smallest absolute Gasteiger partial charge is 0.317 e. The first-order valence-corrected chi connectivity index (χ1v) is 11.2. The SMILES string of the molecule is CC(C)NC(=O)N1CCCCC[C@@H]1C1CCN(c2ncnc3ccccc23)CC1. The predicted octanol–water partition coefficient (Wildman–Crippen LogP) is 4.21.